The van der Waals surface area contributed by atoms with Crippen molar-refractivity contribution in [2.75, 3.05) is 12.8 Å². The summed E-state index contributed by atoms with van der Waals surface area (Å²) in [5.41, 5.74) is 2.06. The van der Waals surface area contributed by atoms with Crippen LogP contribution >= 0.6 is 11.8 Å². The Bertz CT molecular complexity index is 899. The van der Waals surface area contributed by atoms with Crippen LogP contribution in [-0.4, -0.2) is 32.2 Å². The first-order valence-electron chi connectivity index (χ1n) is 9.47. The average molecular weight is 383 g/mol. The smallest absolute Gasteiger partial charge is 0.226 e. The van der Waals surface area contributed by atoms with Crippen molar-refractivity contribution in [3.63, 3.8) is 0 Å². The van der Waals surface area contributed by atoms with Crippen LogP contribution in [0.4, 0.5) is 0 Å². The molecule has 0 spiro atoms. The lowest BCUT2D eigenvalue weighted by atomic mass is 10.0. The molecule has 1 atom stereocenters. The van der Waals surface area contributed by atoms with Crippen molar-refractivity contribution in [2.45, 2.75) is 43.7 Å². The van der Waals surface area contributed by atoms with E-state index in [1.807, 2.05) is 19.3 Å². The number of thioether (sulfide) groups is 1. The maximum Gasteiger partial charge on any atom is 0.226 e. The zero-order valence-corrected chi connectivity index (χ0v) is 17.0. The molecular formula is C21H26N4OS. The van der Waals surface area contributed by atoms with Crippen molar-refractivity contribution < 1.29 is 4.42 Å². The fourth-order valence-electron chi connectivity index (χ4n) is 3.80. The van der Waals surface area contributed by atoms with E-state index in [0.29, 0.717) is 11.9 Å². The Kier molecular flexibility index (Phi) is 5.36. The Labute approximate surface area is 164 Å². The first kappa shape index (κ1) is 18.3. The Hall–Kier alpha value is -2.05. The third-order valence-electron chi connectivity index (χ3n) is 5.35. The molecule has 0 amide bonds. The number of hydrogen-bond acceptors (Lipinski definition) is 5. The highest BCUT2D eigenvalue weighted by Gasteiger charge is 2.28. The molecule has 27 heavy (non-hydrogen) atoms. The van der Waals surface area contributed by atoms with Crippen LogP contribution in [0, 0.1) is 6.92 Å². The van der Waals surface area contributed by atoms with Gasteiger partial charge in [0.25, 0.3) is 0 Å². The maximum atomic E-state index is 6.00. The van der Waals surface area contributed by atoms with Gasteiger partial charge in [0.2, 0.25) is 5.89 Å². The van der Waals surface area contributed by atoms with Gasteiger partial charge >= 0.3 is 0 Å². The van der Waals surface area contributed by atoms with Crippen molar-refractivity contribution in [3.05, 3.63) is 53.9 Å². The highest BCUT2D eigenvalue weighted by Crippen LogP contribution is 2.32. The van der Waals surface area contributed by atoms with Gasteiger partial charge in [-0.25, -0.2) is 9.97 Å². The Balaban J connectivity index is 1.56. The van der Waals surface area contributed by atoms with Crippen LogP contribution in [0.5, 0.6) is 0 Å². The molecule has 1 saturated heterocycles. The van der Waals surface area contributed by atoms with E-state index in [-0.39, 0.29) is 0 Å². The third-order valence-corrected chi connectivity index (χ3v) is 6.10. The molecule has 6 heteroatoms. The van der Waals surface area contributed by atoms with Crippen molar-refractivity contribution in [3.8, 4) is 11.5 Å². The van der Waals surface area contributed by atoms with E-state index < -0.39 is 0 Å². The number of rotatable bonds is 5. The number of aromatic nitrogens is 3. The molecule has 1 aliphatic heterocycles. The number of nitrogens with zero attached hydrogens (tertiary/aromatic N) is 4. The number of benzene rings is 1. The molecule has 1 fully saturated rings. The lowest BCUT2D eigenvalue weighted by molar-refractivity contribution is 0.129. The lowest BCUT2D eigenvalue weighted by Crippen LogP contribution is -2.34. The van der Waals surface area contributed by atoms with E-state index in [9.17, 15) is 0 Å². The van der Waals surface area contributed by atoms with Crippen LogP contribution in [0.25, 0.3) is 11.5 Å². The van der Waals surface area contributed by atoms with Crippen molar-refractivity contribution in [1.29, 1.82) is 0 Å². The molecule has 0 N–H and O–H groups in total. The summed E-state index contributed by atoms with van der Waals surface area (Å²) in [5.74, 6) is 2.76. The van der Waals surface area contributed by atoms with E-state index in [4.69, 9.17) is 9.40 Å². The van der Waals surface area contributed by atoms with Gasteiger partial charge in [0.05, 0.1) is 11.7 Å². The largest absolute Gasteiger partial charge is 0.441 e. The molecule has 1 aromatic carbocycles. The zero-order valence-electron chi connectivity index (χ0n) is 16.2. The topological polar surface area (TPSA) is 47.1 Å². The van der Waals surface area contributed by atoms with Crippen molar-refractivity contribution >= 4 is 11.8 Å². The minimum Gasteiger partial charge on any atom is -0.441 e. The summed E-state index contributed by atoms with van der Waals surface area (Å²) in [7, 11) is 2.08. The van der Waals surface area contributed by atoms with Gasteiger partial charge in [-0.3, -0.25) is 4.90 Å². The zero-order chi connectivity index (χ0) is 18.8. The molecule has 3 aromatic rings. The van der Waals surface area contributed by atoms with Crippen LogP contribution in [0.2, 0.25) is 0 Å². The number of piperidine rings is 1. The Morgan fingerprint density at radius 1 is 1.22 bits per heavy atom. The van der Waals surface area contributed by atoms with E-state index in [1.165, 1.54) is 17.7 Å². The summed E-state index contributed by atoms with van der Waals surface area (Å²) in [6.07, 6.45) is 9.61. The van der Waals surface area contributed by atoms with Gasteiger partial charge in [0.1, 0.15) is 11.6 Å². The minimum atomic E-state index is 0.346. The van der Waals surface area contributed by atoms with Gasteiger partial charge in [0, 0.05) is 36.4 Å². The van der Waals surface area contributed by atoms with Crippen LogP contribution in [0.3, 0.4) is 0 Å². The van der Waals surface area contributed by atoms with Gasteiger partial charge < -0.3 is 8.98 Å². The van der Waals surface area contributed by atoms with Crippen LogP contribution in [0.1, 0.15) is 42.6 Å². The van der Waals surface area contributed by atoms with Gasteiger partial charge in [-0.1, -0.05) is 6.42 Å². The van der Waals surface area contributed by atoms with Crippen LogP contribution in [-0.2, 0) is 13.6 Å². The third kappa shape index (κ3) is 3.82. The summed E-state index contributed by atoms with van der Waals surface area (Å²) in [6.45, 7) is 3.89. The monoisotopic (exact) mass is 382 g/mol. The highest BCUT2D eigenvalue weighted by atomic mass is 32.2. The number of oxazole rings is 1. The summed E-state index contributed by atoms with van der Waals surface area (Å²) in [5, 5.41) is 0. The quantitative estimate of drug-likeness (QED) is 0.591. The first-order chi connectivity index (χ1) is 13.2. The summed E-state index contributed by atoms with van der Waals surface area (Å²) < 4.78 is 8.14. The van der Waals surface area contributed by atoms with Gasteiger partial charge in [0.15, 0.2) is 0 Å². The molecule has 1 unspecified atom stereocenters. The standard InChI is InChI=1S/C21H26N4OS/c1-15-18(23-21(26-15)16-7-9-17(27-3)10-8-16)14-25-12-5-4-6-19(25)20-22-11-13-24(20)2/h7-11,13,19H,4-6,12,14H2,1-3H3. The van der Waals surface area contributed by atoms with E-state index in [2.05, 4.69) is 52.0 Å². The number of imidazole rings is 1. The second-order valence-electron chi connectivity index (χ2n) is 7.13. The van der Waals surface area contributed by atoms with Crippen LogP contribution in [0.15, 0.2) is 46.0 Å². The molecule has 142 valence electrons. The van der Waals surface area contributed by atoms with Gasteiger partial charge in [-0.2, -0.15) is 0 Å². The summed E-state index contributed by atoms with van der Waals surface area (Å²) in [6, 6.07) is 8.73. The molecule has 3 heterocycles. The second kappa shape index (κ2) is 7.90. The average Bonchev–Trinajstić information content (AvgIpc) is 3.28. The molecule has 0 bridgehead atoms. The summed E-state index contributed by atoms with van der Waals surface area (Å²) >= 11 is 1.74. The van der Waals surface area contributed by atoms with Crippen LogP contribution < -0.4 is 0 Å². The highest BCUT2D eigenvalue weighted by molar-refractivity contribution is 7.98. The van der Waals surface area contributed by atoms with Crippen molar-refractivity contribution in [1.82, 2.24) is 19.4 Å². The molecular weight excluding hydrogens is 356 g/mol. The predicted octanol–water partition coefficient (Wildman–Crippen LogP) is 4.83. The van der Waals surface area contributed by atoms with Gasteiger partial charge in [-0.15, -0.1) is 11.8 Å². The number of likely N-dealkylation sites (tertiary alicyclic amines) is 1. The SMILES string of the molecule is CSc1ccc(-c2nc(CN3CCCCC3c3nccn3C)c(C)o2)cc1. The minimum absolute atomic E-state index is 0.346. The van der Waals surface area contributed by atoms with E-state index >= 15 is 0 Å². The Morgan fingerprint density at radius 2 is 2.04 bits per heavy atom. The molecule has 0 saturated carbocycles. The second-order valence-corrected chi connectivity index (χ2v) is 8.01. The lowest BCUT2D eigenvalue weighted by Gasteiger charge is -2.34. The van der Waals surface area contributed by atoms with E-state index in [0.717, 1.165) is 42.4 Å². The molecule has 1 aliphatic rings. The molecule has 2 aromatic heterocycles. The fourth-order valence-corrected chi connectivity index (χ4v) is 4.20. The molecule has 5 nitrogen and oxygen atoms in total. The normalized spacial score (nSPS) is 18.1. The summed E-state index contributed by atoms with van der Waals surface area (Å²) in [4.78, 5) is 13.2. The molecule has 0 radical (unpaired) electrons. The number of aryl methyl sites for hydroxylation is 2. The van der Waals surface area contributed by atoms with E-state index in [1.54, 1.807) is 11.8 Å². The number of hydrogen-bond donors (Lipinski definition) is 0. The molecule has 0 aliphatic carbocycles. The maximum absolute atomic E-state index is 6.00. The first-order valence-corrected chi connectivity index (χ1v) is 10.7. The van der Waals surface area contributed by atoms with Gasteiger partial charge in [-0.05, 0) is 56.8 Å². The Morgan fingerprint density at radius 3 is 2.74 bits per heavy atom. The fraction of sp³-hybridized carbons (Fsp3) is 0.429. The predicted molar refractivity (Wildman–Crippen MR) is 109 cm³/mol. The van der Waals surface area contributed by atoms with Crippen molar-refractivity contribution in [2.24, 2.45) is 7.05 Å². The molecule has 4 rings (SSSR count).